The van der Waals surface area contributed by atoms with E-state index in [2.05, 4.69) is 4.98 Å². The van der Waals surface area contributed by atoms with E-state index in [1.54, 1.807) is 0 Å². The summed E-state index contributed by atoms with van der Waals surface area (Å²) in [6.45, 7) is 0. The lowest BCUT2D eigenvalue weighted by molar-refractivity contribution is -0.139. The quantitative estimate of drug-likeness (QED) is 0.850. The first kappa shape index (κ1) is 13.5. The monoisotopic (exact) mass is 271 g/mol. The SMILES string of the molecule is OC(c1cncc(F)c1)c1ccccc1C(F)(F)F. The predicted octanol–water partition coefficient (Wildman–Crippen LogP) is 3.32. The molecule has 2 aromatic rings. The van der Waals surface area contributed by atoms with Crippen LogP contribution in [0.25, 0.3) is 0 Å². The van der Waals surface area contributed by atoms with Crippen molar-refractivity contribution in [1.82, 2.24) is 4.98 Å². The van der Waals surface area contributed by atoms with Gasteiger partial charge in [-0.15, -0.1) is 0 Å². The second-order valence-electron chi connectivity index (χ2n) is 3.92. The molecule has 0 fully saturated rings. The van der Waals surface area contributed by atoms with Gasteiger partial charge >= 0.3 is 6.18 Å². The molecule has 0 saturated heterocycles. The Morgan fingerprint density at radius 1 is 1.11 bits per heavy atom. The fourth-order valence-corrected chi connectivity index (χ4v) is 1.75. The van der Waals surface area contributed by atoms with Crippen LogP contribution in [0.5, 0.6) is 0 Å². The topological polar surface area (TPSA) is 33.1 Å². The van der Waals surface area contributed by atoms with E-state index in [0.717, 1.165) is 30.6 Å². The van der Waals surface area contributed by atoms with Crippen molar-refractivity contribution in [3.8, 4) is 0 Å². The van der Waals surface area contributed by atoms with Crippen LogP contribution < -0.4 is 0 Å². The minimum Gasteiger partial charge on any atom is -0.384 e. The molecule has 0 aliphatic carbocycles. The highest BCUT2D eigenvalue weighted by Gasteiger charge is 2.34. The Bertz CT molecular complexity index is 583. The van der Waals surface area contributed by atoms with Crippen molar-refractivity contribution in [3.63, 3.8) is 0 Å². The van der Waals surface area contributed by atoms with E-state index in [-0.39, 0.29) is 11.1 Å². The Kier molecular flexibility index (Phi) is 3.53. The first-order valence-corrected chi connectivity index (χ1v) is 5.34. The third-order valence-corrected chi connectivity index (χ3v) is 2.60. The van der Waals surface area contributed by atoms with E-state index in [1.807, 2.05) is 0 Å². The number of pyridine rings is 1. The molecule has 19 heavy (non-hydrogen) atoms. The highest BCUT2D eigenvalue weighted by molar-refractivity contribution is 5.36. The lowest BCUT2D eigenvalue weighted by Gasteiger charge is -2.17. The van der Waals surface area contributed by atoms with Crippen molar-refractivity contribution in [3.05, 3.63) is 65.2 Å². The number of hydrogen-bond donors (Lipinski definition) is 1. The summed E-state index contributed by atoms with van der Waals surface area (Å²) in [5, 5.41) is 9.95. The Balaban J connectivity index is 2.48. The third kappa shape index (κ3) is 2.90. The zero-order valence-corrected chi connectivity index (χ0v) is 9.53. The molecule has 6 heteroatoms. The van der Waals surface area contributed by atoms with E-state index in [9.17, 15) is 22.7 Å². The lowest BCUT2D eigenvalue weighted by Crippen LogP contribution is -2.12. The molecule has 0 bridgehead atoms. The number of alkyl halides is 3. The van der Waals surface area contributed by atoms with E-state index in [0.29, 0.717) is 0 Å². The van der Waals surface area contributed by atoms with Gasteiger partial charge in [-0.2, -0.15) is 13.2 Å². The summed E-state index contributed by atoms with van der Waals surface area (Å²) in [4.78, 5) is 3.51. The van der Waals surface area contributed by atoms with E-state index in [4.69, 9.17) is 0 Å². The van der Waals surface area contributed by atoms with Gasteiger partial charge in [-0.1, -0.05) is 18.2 Å². The highest BCUT2D eigenvalue weighted by atomic mass is 19.4. The summed E-state index contributed by atoms with van der Waals surface area (Å²) in [5.41, 5.74) is -1.31. The second-order valence-corrected chi connectivity index (χ2v) is 3.92. The smallest absolute Gasteiger partial charge is 0.384 e. The Morgan fingerprint density at radius 3 is 2.42 bits per heavy atom. The number of aliphatic hydroxyl groups is 1. The third-order valence-electron chi connectivity index (χ3n) is 2.60. The molecule has 1 N–H and O–H groups in total. The summed E-state index contributed by atoms with van der Waals surface area (Å²) >= 11 is 0. The van der Waals surface area contributed by atoms with Gasteiger partial charge in [-0.05, 0) is 17.7 Å². The van der Waals surface area contributed by atoms with Crippen LogP contribution in [0.15, 0.2) is 42.7 Å². The summed E-state index contributed by atoms with van der Waals surface area (Å²) < 4.78 is 51.4. The maximum atomic E-state index is 13.0. The second kappa shape index (κ2) is 4.97. The molecule has 1 aromatic carbocycles. The van der Waals surface area contributed by atoms with Crippen molar-refractivity contribution in [1.29, 1.82) is 0 Å². The average molecular weight is 271 g/mol. The number of benzene rings is 1. The van der Waals surface area contributed by atoms with Gasteiger partial charge in [0.05, 0.1) is 11.8 Å². The van der Waals surface area contributed by atoms with Crippen LogP contribution in [0.2, 0.25) is 0 Å². The fourth-order valence-electron chi connectivity index (χ4n) is 1.75. The van der Waals surface area contributed by atoms with Crippen molar-refractivity contribution >= 4 is 0 Å². The zero-order chi connectivity index (χ0) is 14.0. The molecule has 0 aliphatic rings. The number of aliphatic hydroxyl groups excluding tert-OH is 1. The standard InChI is InChI=1S/C13H9F4NO/c14-9-5-8(6-18-7-9)12(19)10-3-1-2-4-11(10)13(15,16)17/h1-7,12,19H. The maximum absolute atomic E-state index is 13.0. The highest BCUT2D eigenvalue weighted by Crippen LogP contribution is 2.36. The fraction of sp³-hybridized carbons (Fsp3) is 0.154. The van der Waals surface area contributed by atoms with Crippen molar-refractivity contribution in [2.45, 2.75) is 12.3 Å². The van der Waals surface area contributed by atoms with E-state index >= 15 is 0 Å². The minimum absolute atomic E-state index is 0.0308. The van der Waals surface area contributed by atoms with Gasteiger partial charge in [0.2, 0.25) is 0 Å². The molecular weight excluding hydrogens is 262 g/mol. The number of rotatable bonds is 2. The normalized spacial score (nSPS) is 13.3. The molecule has 0 saturated carbocycles. The van der Waals surface area contributed by atoms with E-state index in [1.165, 1.54) is 12.1 Å². The van der Waals surface area contributed by atoms with Crippen LogP contribution in [0.1, 0.15) is 22.8 Å². The lowest BCUT2D eigenvalue weighted by atomic mass is 9.97. The van der Waals surface area contributed by atoms with Gasteiger partial charge in [-0.25, -0.2) is 4.39 Å². The Morgan fingerprint density at radius 2 is 1.79 bits per heavy atom. The molecule has 0 radical (unpaired) electrons. The molecule has 100 valence electrons. The molecule has 0 amide bonds. The van der Waals surface area contributed by atoms with Crippen LogP contribution in [-0.4, -0.2) is 10.1 Å². The van der Waals surface area contributed by atoms with Gasteiger partial charge in [0.15, 0.2) is 0 Å². The first-order valence-electron chi connectivity index (χ1n) is 5.34. The summed E-state index contributed by atoms with van der Waals surface area (Å²) in [7, 11) is 0. The molecule has 1 aromatic heterocycles. The van der Waals surface area contributed by atoms with Gasteiger partial charge in [0, 0.05) is 11.8 Å². The summed E-state index contributed by atoms with van der Waals surface area (Å²) in [6.07, 6.45) is -4.13. The zero-order valence-electron chi connectivity index (χ0n) is 9.53. The van der Waals surface area contributed by atoms with Crippen LogP contribution in [0, 0.1) is 5.82 Å². The van der Waals surface area contributed by atoms with Crippen LogP contribution >= 0.6 is 0 Å². The van der Waals surface area contributed by atoms with Crippen LogP contribution in [0.4, 0.5) is 17.6 Å². The summed E-state index contributed by atoms with van der Waals surface area (Å²) in [6, 6.07) is 5.57. The van der Waals surface area contributed by atoms with Crippen molar-refractivity contribution < 1.29 is 22.7 Å². The number of aromatic nitrogens is 1. The largest absolute Gasteiger partial charge is 0.416 e. The number of nitrogens with zero attached hydrogens (tertiary/aromatic N) is 1. The number of halogens is 4. The van der Waals surface area contributed by atoms with Crippen LogP contribution in [0.3, 0.4) is 0 Å². The molecule has 1 atom stereocenters. The first-order chi connectivity index (χ1) is 8.89. The molecular formula is C13H9F4NO. The van der Waals surface area contributed by atoms with Gasteiger partial charge in [0.1, 0.15) is 11.9 Å². The molecule has 1 unspecified atom stereocenters. The molecule has 2 nitrogen and oxygen atoms in total. The van der Waals surface area contributed by atoms with Crippen LogP contribution in [-0.2, 0) is 6.18 Å². The van der Waals surface area contributed by atoms with Crippen molar-refractivity contribution in [2.75, 3.05) is 0 Å². The molecule has 1 heterocycles. The summed E-state index contributed by atoms with van der Waals surface area (Å²) in [5.74, 6) is -0.721. The predicted molar refractivity (Wildman–Crippen MR) is 59.7 cm³/mol. The minimum atomic E-state index is -4.58. The molecule has 0 spiro atoms. The molecule has 2 rings (SSSR count). The number of hydrogen-bond acceptors (Lipinski definition) is 2. The van der Waals surface area contributed by atoms with Gasteiger partial charge in [0.25, 0.3) is 0 Å². The van der Waals surface area contributed by atoms with Crippen molar-refractivity contribution in [2.24, 2.45) is 0 Å². The van der Waals surface area contributed by atoms with Gasteiger partial charge in [-0.3, -0.25) is 4.98 Å². The Hall–Kier alpha value is -1.95. The Labute approximate surface area is 106 Å². The van der Waals surface area contributed by atoms with Gasteiger partial charge < -0.3 is 5.11 Å². The molecule has 0 aliphatic heterocycles. The maximum Gasteiger partial charge on any atom is 0.416 e. The van der Waals surface area contributed by atoms with E-state index < -0.39 is 23.7 Å². The average Bonchev–Trinajstić information content (AvgIpc) is 2.37.